The molecule has 1 aliphatic rings. The summed E-state index contributed by atoms with van der Waals surface area (Å²) in [6, 6.07) is 10.2. The van der Waals surface area contributed by atoms with E-state index in [1.807, 2.05) is 18.2 Å². The van der Waals surface area contributed by atoms with Gasteiger partial charge >= 0.3 is 5.97 Å². The molecule has 1 N–H and O–H groups in total. The number of para-hydroxylation sites is 1. The highest BCUT2D eigenvalue weighted by molar-refractivity contribution is 7.13. The second-order valence-corrected chi connectivity index (χ2v) is 6.69. The third kappa shape index (κ3) is 2.99. The van der Waals surface area contributed by atoms with E-state index in [9.17, 15) is 9.90 Å². The molecule has 0 radical (unpaired) electrons. The molecule has 1 aliphatic carbocycles. The van der Waals surface area contributed by atoms with E-state index in [0.717, 1.165) is 35.8 Å². The molecule has 3 rings (SSSR count). The fourth-order valence-electron chi connectivity index (χ4n) is 2.75. The number of anilines is 1. The Bertz CT molecular complexity index is 650. The fraction of sp³-hybridized carbons (Fsp3) is 0.412. The number of hydrogen-bond donors (Lipinski definition) is 1. The number of benzene rings is 1. The van der Waals surface area contributed by atoms with Gasteiger partial charge in [0.25, 0.3) is 0 Å². The molecule has 5 heteroatoms. The molecule has 1 aromatic carbocycles. The monoisotopic (exact) mass is 316 g/mol. The third-order valence-electron chi connectivity index (χ3n) is 4.21. The predicted molar refractivity (Wildman–Crippen MR) is 88.8 cm³/mol. The predicted octanol–water partition coefficient (Wildman–Crippen LogP) is 4.14. The smallest absolute Gasteiger partial charge is 0.347 e. The lowest BCUT2D eigenvalue weighted by Gasteiger charge is -2.24. The Labute approximate surface area is 134 Å². The summed E-state index contributed by atoms with van der Waals surface area (Å²) < 4.78 is 0. The van der Waals surface area contributed by atoms with Crippen LogP contribution in [0.15, 0.2) is 30.3 Å². The third-order valence-corrected chi connectivity index (χ3v) is 5.26. The SMILES string of the molecule is CCN(Cc1nc(C2CCC2)c(C(=O)O)s1)c1ccccc1. The zero-order chi connectivity index (χ0) is 15.5. The summed E-state index contributed by atoms with van der Waals surface area (Å²) in [5.74, 6) is -0.490. The standard InChI is InChI=1S/C17H20N2O2S/c1-2-19(13-9-4-3-5-10-13)11-14-18-15(12-7-6-8-12)16(22-14)17(20)21/h3-5,9-10,12H,2,6-8,11H2,1H3,(H,20,21). The molecule has 22 heavy (non-hydrogen) atoms. The van der Waals surface area contributed by atoms with Crippen molar-refractivity contribution in [1.29, 1.82) is 0 Å². The highest BCUT2D eigenvalue weighted by Gasteiger charge is 2.29. The minimum absolute atomic E-state index is 0.350. The van der Waals surface area contributed by atoms with Crippen molar-refractivity contribution in [3.8, 4) is 0 Å². The van der Waals surface area contributed by atoms with Gasteiger partial charge in [0.15, 0.2) is 0 Å². The van der Waals surface area contributed by atoms with Crippen LogP contribution in [0.2, 0.25) is 0 Å². The van der Waals surface area contributed by atoms with Crippen LogP contribution in [0.5, 0.6) is 0 Å². The van der Waals surface area contributed by atoms with Crippen molar-refractivity contribution in [3.63, 3.8) is 0 Å². The molecule has 4 nitrogen and oxygen atoms in total. The summed E-state index contributed by atoms with van der Waals surface area (Å²) in [5, 5.41) is 10.3. The average molecular weight is 316 g/mol. The van der Waals surface area contributed by atoms with E-state index < -0.39 is 5.97 Å². The maximum atomic E-state index is 11.5. The van der Waals surface area contributed by atoms with Gasteiger partial charge in [-0.1, -0.05) is 24.6 Å². The first-order chi connectivity index (χ1) is 10.7. The van der Waals surface area contributed by atoms with Gasteiger partial charge in [-0.25, -0.2) is 9.78 Å². The van der Waals surface area contributed by atoms with E-state index in [-0.39, 0.29) is 0 Å². The summed E-state index contributed by atoms with van der Waals surface area (Å²) >= 11 is 1.33. The average Bonchev–Trinajstić information content (AvgIpc) is 2.87. The lowest BCUT2D eigenvalue weighted by Crippen LogP contribution is -2.21. The summed E-state index contributed by atoms with van der Waals surface area (Å²) in [6.07, 6.45) is 3.32. The number of hydrogen-bond acceptors (Lipinski definition) is 4. The Balaban J connectivity index is 1.83. The van der Waals surface area contributed by atoms with Crippen LogP contribution in [-0.4, -0.2) is 22.6 Å². The van der Waals surface area contributed by atoms with Crippen LogP contribution in [0.4, 0.5) is 5.69 Å². The van der Waals surface area contributed by atoms with Crippen LogP contribution in [0.25, 0.3) is 0 Å². The van der Waals surface area contributed by atoms with Gasteiger partial charge in [0.05, 0.1) is 12.2 Å². The normalized spacial score (nSPS) is 14.6. The Morgan fingerprint density at radius 1 is 1.36 bits per heavy atom. The Hall–Kier alpha value is -1.88. The van der Waals surface area contributed by atoms with Gasteiger partial charge in [-0.05, 0) is 31.9 Å². The van der Waals surface area contributed by atoms with Crippen LogP contribution >= 0.6 is 11.3 Å². The molecule has 0 atom stereocenters. The number of carboxylic acid groups (broad SMARTS) is 1. The van der Waals surface area contributed by atoms with Crippen molar-refractivity contribution in [2.24, 2.45) is 0 Å². The van der Waals surface area contributed by atoms with Gasteiger partial charge in [-0.3, -0.25) is 0 Å². The van der Waals surface area contributed by atoms with Gasteiger partial charge in [-0.2, -0.15) is 0 Å². The molecular formula is C17H20N2O2S. The maximum absolute atomic E-state index is 11.5. The van der Waals surface area contributed by atoms with Crippen molar-refractivity contribution in [3.05, 3.63) is 45.9 Å². The summed E-state index contributed by atoms with van der Waals surface area (Å²) in [5.41, 5.74) is 1.95. The van der Waals surface area contributed by atoms with E-state index in [1.165, 1.54) is 17.8 Å². The number of nitrogens with zero attached hydrogens (tertiary/aromatic N) is 2. The number of aromatic carboxylic acids is 1. The van der Waals surface area contributed by atoms with Gasteiger partial charge in [0.1, 0.15) is 9.88 Å². The van der Waals surface area contributed by atoms with Gasteiger partial charge in [-0.15, -0.1) is 11.3 Å². The van der Waals surface area contributed by atoms with E-state index in [1.54, 1.807) is 0 Å². The molecular weight excluding hydrogens is 296 g/mol. The van der Waals surface area contributed by atoms with E-state index in [4.69, 9.17) is 0 Å². The molecule has 0 saturated heterocycles. The molecule has 0 amide bonds. The van der Waals surface area contributed by atoms with E-state index in [2.05, 4.69) is 28.9 Å². The number of aromatic nitrogens is 1. The van der Waals surface area contributed by atoms with Gasteiger partial charge in [0.2, 0.25) is 0 Å². The van der Waals surface area contributed by atoms with Crippen molar-refractivity contribution in [2.75, 3.05) is 11.4 Å². The highest BCUT2D eigenvalue weighted by Crippen LogP contribution is 2.39. The molecule has 1 fully saturated rings. The zero-order valence-corrected chi connectivity index (χ0v) is 13.5. The molecule has 0 unspecified atom stereocenters. The van der Waals surface area contributed by atoms with Gasteiger partial charge in [0, 0.05) is 18.2 Å². The lowest BCUT2D eigenvalue weighted by molar-refractivity contribution is 0.0699. The molecule has 0 aliphatic heterocycles. The summed E-state index contributed by atoms with van der Waals surface area (Å²) in [4.78, 5) is 18.8. The molecule has 0 spiro atoms. The number of thiazole rings is 1. The molecule has 1 aromatic heterocycles. The quantitative estimate of drug-likeness (QED) is 0.870. The second kappa shape index (κ2) is 6.48. The highest BCUT2D eigenvalue weighted by atomic mass is 32.1. The van der Waals surface area contributed by atoms with E-state index >= 15 is 0 Å². The molecule has 2 aromatic rings. The van der Waals surface area contributed by atoms with Crippen molar-refractivity contribution >= 4 is 23.0 Å². The van der Waals surface area contributed by atoms with Crippen LogP contribution in [0, 0.1) is 0 Å². The van der Waals surface area contributed by atoms with E-state index in [0.29, 0.717) is 17.3 Å². The van der Waals surface area contributed by atoms with Crippen LogP contribution in [-0.2, 0) is 6.54 Å². The van der Waals surface area contributed by atoms with Gasteiger partial charge < -0.3 is 10.0 Å². The van der Waals surface area contributed by atoms with Crippen LogP contribution in [0.1, 0.15) is 52.5 Å². The number of carbonyl (C=O) groups is 1. The van der Waals surface area contributed by atoms with Crippen LogP contribution < -0.4 is 4.90 Å². The number of carboxylic acids is 1. The lowest BCUT2D eigenvalue weighted by atomic mass is 9.82. The first-order valence-electron chi connectivity index (χ1n) is 7.72. The Kier molecular flexibility index (Phi) is 4.43. The minimum Gasteiger partial charge on any atom is -0.477 e. The zero-order valence-electron chi connectivity index (χ0n) is 12.7. The number of rotatable bonds is 6. The maximum Gasteiger partial charge on any atom is 0.347 e. The largest absolute Gasteiger partial charge is 0.477 e. The minimum atomic E-state index is -0.839. The summed E-state index contributed by atoms with van der Waals surface area (Å²) in [7, 11) is 0. The Morgan fingerprint density at radius 3 is 2.64 bits per heavy atom. The molecule has 116 valence electrons. The van der Waals surface area contributed by atoms with Crippen molar-refractivity contribution in [2.45, 2.75) is 38.6 Å². The van der Waals surface area contributed by atoms with Crippen molar-refractivity contribution in [1.82, 2.24) is 4.98 Å². The van der Waals surface area contributed by atoms with Crippen LogP contribution in [0.3, 0.4) is 0 Å². The topological polar surface area (TPSA) is 53.4 Å². The molecule has 0 bridgehead atoms. The molecule has 1 saturated carbocycles. The first kappa shape index (κ1) is 15.0. The second-order valence-electron chi connectivity index (χ2n) is 5.60. The molecule has 1 heterocycles. The first-order valence-corrected chi connectivity index (χ1v) is 8.53. The van der Waals surface area contributed by atoms with Crippen molar-refractivity contribution < 1.29 is 9.90 Å². The fourth-order valence-corrected chi connectivity index (χ4v) is 3.75. The summed E-state index contributed by atoms with van der Waals surface area (Å²) in [6.45, 7) is 3.63. The Morgan fingerprint density at radius 2 is 2.09 bits per heavy atom.